The highest BCUT2D eigenvalue weighted by molar-refractivity contribution is 6.39. The minimum absolute atomic E-state index is 0.107. The molecule has 1 aliphatic carbocycles. The van der Waals surface area contributed by atoms with E-state index >= 15 is 0 Å². The lowest BCUT2D eigenvalue weighted by atomic mass is 10.1. The van der Waals surface area contributed by atoms with Crippen LogP contribution < -0.4 is 10.9 Å². The molecule has 1 aliphatic heterocycles. The zero-order valence-corrected chi connectivity index (χ0v) is 19.9. The number of hydrogen-bond acceptors (Lipinski definition) is 6. The van der Waals surface area contributed by atoms with E-state index in [0.717, 1.165) is 11.1 Å². The zero-order chi connectivity index (χ0) is 24.7. The molecule has 3 heterocycles. The van der Waals surface area contributed by atoms with Crippen LogP contribution in [-0.2, 0) is 12.8 Å². The van der Waals surface area contributed by atoms with Crippen molar-refractivity contribution in [3.8, 4) is 5.75 Å². The molecule has 2 amide bonds. The molecule has 35 heavy (non-hydrogen) atoms. The van der Waals surface area contributed by atoms with E-state index in [4.69, 9.17) is 23.2 Å². The van der Waals surface area contributed by atoms with Crippen LogP contribution >= 0.6 is 23.2 Å². The topological polar surface area (TPSA) is 128 Å². The highest BCUT2D eigenvalue weighted by Crippen LogP contribution is 2.34. The quantitative estimate of drug-likeness (QED) is 0.491. The van der Waals surface area contributed by atoms with Crippen molar-refractivity contribution in [1.29, 1.82) is 0 Å². The molecule has 5 rings (SSSR count). The maximum Gasteiger partial charge on any atom is 0.294 e. The van der Waals surface area contributed by atoms with Crippen molar-refractivity contribution in [2.45, 2.75) is 37.8 Å². The maximum absolute atomic E-state index is 13.3. The third kappa shape index (κ3) is 4.37. The highest BCUT2D eigenvalue weighted by Gasteiger charge is 2.35. The molecular formula is C24H21Cl2N5O4. The average Bonchev–Trinajstić information content (AvgIpc) is 3.47. The lowest BCUT2D eigenvalue weighted by Crippen LogP contribution is -2.37. The molecular weight excluding hydrogens is 493 g/mol. The van der Waals surface area contributed by atoms with Crippen LogP contribution in [0.3, 0.4) is 0 Å². The number of H-pyrrole nitrogens is 1. The summed E-state index contributed by atoms with van der Waals surface area (Å²) in [5.74, 6) is -1.74. The fraction of sp³-hybridized carbons (Fsp3) is 0.292. The van der Waals surface area contributed by atoms with E-state index < -0.39 is 29.2 Å². The zero-order valence-electron chi connectivity index (χ0n) is 18.4. The van der Waals surface area contributed by atoms with Crippen LogP contribution in [-0.4, -0.2) is 49.4 Å². The van der Waals surface area contributed by atoms with Gasteiger partial charge in [-0.25, -0.2) is 4.98 Å². The van der Waals surface area contributed by atoms with Gasteiger partial charge in [0.1, 0.15) is 5.82 Å². The summed E-state index contributed by atoms with van der Waals surface area (Å²) in [5.41, 5.74) is 1.17. The van der Waals surface area contributed by atoms with E-state index in [1.807, 2.05) is 24.3 Å². The van der Waals surface area contributed by atoms with Gasteiger partial charge in [-0.1, -0.05) is 47.5 Å². The van der Waals surface area contributed by atoms with Crippen LogP contribution in [0.2, 0.25) is 10.0 Å². The van der Waals surface area contributed by atoms with Crippen molar-refractivity contribution >= 4 is 35.0 Å². The Morgan fingerprint density at radius 3 is 2.43 bits per heavy atom. The van der Waals surface area contributed by atoms with Crippen molar-refractivity contribution in [3.63, 3.8) is 0 Å². The number of rotatable bonds is 4. The van der Waals surface area contributed by atoms with Crippen LogP contribution in [0.1, 0.15) is 56.7 Å². The Balaban J connectivity index is 1.41. The summed E-state index contributed by atoms with van der Waals surface area (Å²) in [6.07, 6.45) is 5.10. The first kappa shape index (κ1) is 23.3. The summed E-state index contributed by atoms with van der Waals surface area (Å²) >= 11 is 12.3. The second-order valence-corrected chi connectivity index (χ2v) is 9.44. The molecule has 0 spiro atoms. The number of pyridine rings is 1. The smallest absolute Gasteiger partial charge is 0.294 e. The number of hydrogen-bond donors (Lipinski definition) is 3. The SMILES string of the molecule is O=C(NC1Cc2ccccc2C1)c1nc([C@@H]2CCCN2C(=O)c2c(Cl)cncc2Cl)[nH]c(=O)c1O. The monoisotopic (exact) mass is 513 g/mol. The Morgan fingerprint density at radius 1 is 1.11 bits per heavy atom. The predicted molar refractivity (Wildman–Crippen MR) is 129 cm³/mol. The van der Waals surface area contributed by atoms with Gasteiger partial charge in [0.25, 0.3) is 17.4 Å². The van der Waals surface area contributed by atoms with Crippen LogP contribution in [0.25, 0.3) is 0 Å². The molecule has 0 unspecified atom stereocenters. The van der Waals surface area contributed by atoms with Crippen LogP contribution in [0, 0.1) is 0 Å². The van der Waals surface area contributed by atoms with Crippen LogP contribution in [0.15, 0.2) is 41.5 Å². The Morgan fingerprint density at radius 2 is 1.77 bits per heavy atom. The average molecular weight is 514 g/mol. The number of likely N-dealkylation sites (tertiary alicyclic amines) is 1. The Kier molecular flexibility index (Phi) is 6.21. The normalized spacial score (nSPS) is 17.4. The van der Waals surface area contributed by atoms with Gasteiger partial charge in [0, 0.05) is 25.0 Å². The summed E-state index contributed by atoms with van der Waals surface area (Å²) < 4.78 is 0. The Hall–Kier alpha value is -3.43. The Labute approximate surface area is 210 Å². The fourth-order valence-electron chi connectivity index (χ4n) is 4.77. The van der Waals surface area contributed by atoms with Gasteiger partial charge in [0.15, 0.2) is 5.69 Å². The number of benzene rings is 1. The summed E-state index contributed by atoms with van der Waals surface area (Å²) in [6, 6.07) is 7.11. The number of aromatic nitrogens is 3. The molecule has 1 fully saturated rings. The van der Waals surface area contributed by atoms with Crippen molar-refractivity contribution in [1.82, 2.24) is 25.2 Å². The van der Waals surface area contributed by atoms with Crippen molar-refractivity contribution in [2.24, 2.45) is 0 Å². The van der Waals surface area contributed by atoms with Gasteiger partial charge in [-0.05, 0) is 36.8 Å². The van der Waals surface area contributed by atoms with E-state index in [-0.39, 0.29) is 33.2 Å². The number of carbonyl (C=O) groups is 2. The van der Waals surface area contributed by atoms with Crippen LogP contribution in [0.4, 0.5) is 0 Å². The first-order chi connectivity index (χ1) is 16.8. The van der Waals surface area contributed by atoms with Gasteiger partial charge in [-0.2, -0.15) is 0 Å². The minimum atomic E-state index is -0.853. The molecule has 2 aromatic heterocycles. The predicted octanol–water partition coefficient (Wildman–Crippen LogP) is 3.05. The summed E-state index contributed by atoms with van der Waals surface area (Å²) in [5, 5.41) is 13.4. The molecule has 3 N–H and O–H groups in total. The van der Waals surface area contributed by atoms with Gasteiger partial charge >= 0.3 is 0 Å². The van der Waals surface area contributed by atoms with E-state index in [0.29, 0.717) is 32.2 Å². The molecule has 2 aliphatic rings. The molecule has 11 heteroatoms. The molecule has 1 atom stereocenters. The first-order valence-electron chi connectivity index (χ1n) is 11.1. The number of aromatic amines is 1. The van der Waals surface area contributed by atoms with Crippen molar-refractivity contribution in [2.75, 3.05) is 6.54 Å². The molecule has 0 saturated carbocycles. The maximum atomic E-state index is 13.3. The van der Waals surface area contributed by atoms with Gasteiger partial charge in [-0.3, -0.25) is 19.4 Å². The van der Waals surface area contributed by atoms with Crippen LogP contribution in [0.5, 0.6) is 5.75 Å². The molecule has 0 radical (unpaired) electrons. The van der Waals surface area contributed by atoms with Crippen molar-refractivity contribution in [3.05, 3.63) is 85.3 Å². The number of nitrogens with zero attached hydrogens (tertiary/aromatic N) is 3. The lowest BCUT2D eigenvalue weighted by Gasteiger charge is -2.25. The first-order valence-corrected chi connectivity index (χ1v) is 11.9. The van der Waals surface area contributed by atoms with E-state index in [9.17, 15) is 19.5 Å². The van der Waals surface area contributed by atoms with Gasteiger partial charge in [0.05, 0.1) is 21.7 Å². The third-order valence-electron chi connectivity index (χ3n) is 6.41. The largest absolute Gasteiger partial charge is 0.501 e. The van der Waals surface area contributed by atoms with E-state index in [1.54, 1.807) is 0 Å². The summed E-state index contributed by atoms with van der Waals surface area (Å²) in [6.45, 7) is 0.380. The molecule has 1 saturated heterocycles. The second-order valence-electron chi connectivity index (χ2n) is 8.63. The molecule has 0 bridgehead atoms. The van der Waals surface area contributed by atoms with Gasteiger partial charge in [-0.15, -0.1) is 0 Å². The summed E-state index contributed by atoms with van der Waals surface area (Å²) in [7, 11) is 0. The molecule has 9 nitrogen and oxygen atoms in total. The number of aromatic hydroxyl groups is 1. The Bertz CT molecular complexity index is 1350. The number of carbonyl (C=O) groups excluding carboxylic acids is 2. The van der Waals surface area contributed by atoms with Gasteiger partial charge < -0.3 is 20.3 Å². The number of fused-ring (bicyclic) bond motifs is 1. The standard InChI is InChI=1S/C24H21Cl2N5O4/c25-15-10-27-11-16(26)18(15)24(35)31-7-3-6-17(31)21-29-19(20(32)23(34)30-21)22(33)28-14-8-12-4-1-2-5-13(12)9-14/h1-2,4-5,10-11,14,17,32H,3,6-9H2,(H,28,33)(H,29,30,34)/t17-/m0/s1. The second kappa shape index (κ2) is 9.31. The highest BCUT2D eigenvalue weighted by atomic mass is 35.5. The van der Waals surface area contributed by atoms with Gasteiger partial charge in [0.2, 0.25) is 5.75 Å². The lowest BCUT2D eigenvalue weighted by molar-refractivity contribution is 0.0729. The molecule has 3 aromatic rings. The van der Waals surface area contributed by atoms with E-state index in [2.05, 4.69) is 20.3 Å². The van der Waals surface area contributed by atoms with E-state index in [1.165, 1.54) is 17.3 Å². The number of amides is 2. The molecule has 1 aromatic carbocycles. The summed E-state index contributed by atoms with van der Waals surface area (Å²) in [4.78, 5) is 51.0. The van der Waals surface area contributed by atoms with Crippen molar-refractivity contribution < 1.29 is 14.7 Å². The third-order valence-corrected chi connectivity index (χ3v) is 6.98. The number of halogens is 2. The fourth-order valence-corrected chi connectivity index (χ4v) is 5.29. The number of nitrogens with one attached hydrogen (secondary N) is 2. The molecule has 180 valence electrons. The minimum Gasteiger partial charge on any atom is -0.501 e.